The molecule has 1 radical (unpaired) electrons. The van der Waals surface area contributed by atoms with Gasteiger partial charge in [0.25, 0.3) is 0 Å². The number of hydrogen-bond acceptors (Lipinski definition) is 4. The van der Waals surface area contributed by atoms with Gasteiger partial charge in [-0.15, -0.1) is 0 Å². The molecule has 0 aliphatic carbocycles. The van der Waals surface area contributed by atoms with Gasteiger partial charge in [0, 0.05) is 0 Å². The van der Waals surface area contributed by atoms with E-state index < -0.39 is 5.97 Å². The normalized spacial score (nSPS) is 17.7. The molecule has 6 nitrogen and oxygen atoms in total. The fourth-order valence-electron chi connectivity index (χ4n) is 4.56. The van der Waals surface area contributed by atoms with E-state index in [4.69, 9.17) is 0 Å². The van der Waals surface area contributed by atoms with Crippen molar-refractivity contribution in [3.05, 3.63) is 65.5 Å². The number of aliphatic carboxylic acids is 1. The number of piperidine rings is 1. The molecular weight excluding hydrogens is 484 g/mol. The summed E-state index contributed by atoms with van der Waals surface area (Å²) in [6.45, 7) is 3.02. The summed E-state index contributed by atoms with van der Waals surface area (Å²) in [6.07, 6.45) is 2.32. The number of carboxylic acid groups (broad SMARTS) is 1. The van der Waals surface area contributed by atoms with Crippen LogP contribution < -0.4 is 9.67 Å². The average Bonchev–Trinajstić information content (AvgIpc) is 3.31. The molecule has 0 spiro atoms. The van der Waals surface area contributed by atoms with E-state index in [1.165, 1.54) is 12.1 Å². The molecule has 2 aliphatic rings. The summed E-state index contributed by atoms with van der Waals surface area (Å²) in [5.41, 5.74) is 1.44. The molecule has 1 amide bonds. The van der Waals surface area contributed by atoms with E-state index in [0.29, 0.717) is 31.0 Å². The molecule has 2 N–H and O–H groups in total. The molecule has 2 heterocycles. The van der Waals surface area contributed by atoms with E-state index in [2.05, 4.69) is 16.4 Å². The average molecular weight is 512 g/mol. The Morgan fingerprint density at radius 3 is 2.67 bits per heavy atom. The number of aliphatic imine (C=N–C) groups is 1. The molecule has 4 rings (SSSR count). The van der Waals surface area contributed by atoms with Crippen molar-refractivity contribution >= 4 is 36.6 Å². The van der Waals surface area contributed by atoms with Crippen molar-refractivity contribution in [3.63, 3.8) is 0 Å². The van der Waals surface area contributed by atoms with Gasteiger partial charge in [-0.1, -0.05) is 6.07 Å². The second-order valence-electron chi connectivity index (χ2n) is 8.62. The number of rotatable bonds is 8. The summed E-state index contributed by atoms with van der Waals surface area (Å²) in [4.78, 5) is 30.8. The monoisotopic (exact) mass is 512 g/mol. The third-order valence-electron chi connectivity index (χ3n) is 6.25. The van der Waals surface area contributed by atoms with Gasteiger partial charge in [-0.05, 0) is 6.07 Å². The Morgan fingerprint density at radius 1 is 1.18 bits per heavy atom. The molecular formula is C25H28AsFN3O3. The molecule has 0 aromatic heterocycles. The second-order valence-corrected chi connectivity index (χ2v) is 11.1. The van der Waals surface area contributed by atoms with Crippen LogP contribution in [0, 0.1) is 11.7 Å². The first-order chi connectivity index (χ1) is 16.0. The number of halogens is 1. The molecule has 0 bridgehead atoms. The van der Waals surface area contributed by atoms with Gasteiger partial charge >= 0.3 is 168 Å². The van der Waals surface area contributed by atoms with E-state index in [-0.39, 0.29) is 39.8 Å². The zero-order valence-electron chi connectivity index (χ0n) is 18.4. The number of likely N-dealkylation sites (tertiary alicyclic amines) is 1. The maximum absolute atomic E-state index is 13.7. The third kappa shape index (κ3) is 6.44. The Kier molecular flexibility index (Phi) is 7.81. The van der Waals surface area contributed by atoms with Crippen molar-refractivity contribution in [2.45, 2.75) is 31.6 Å². The van der Waals surface area contributed by atoms with E-state index in [0.717, 1.165) is 40.5 Å². The summed E-state index contributed by atoms with van der Waals surface area (Å²) in [5, 5.41) is 12.6. The Morgan fingerprint density at radius 2 is 1.97 bits per heavy atom. The molecule has 8 heteroatoms. The number of carboxylic acids is 1. The number of nitrogens with zero attached hydrogens (tertiary/aromatic N) is 2. The number of amides is 1. The SMILES string of the molecule is O=C(O)CC(CC1CCN(C(=O)c2cccc([As]C3=NCCN3)c2)CC1)c1cccc(F)c1. The zero-order valence-corrected chi connectivity index (χ0v) is 20.3. The predicted octanol–water partition coefficient (Wildman–Crippen LogP) is 2.62. The van der Waals surface area contributed by atoms with Crippen molar-refractivity contribution in [1.29, 1.82) is 0 Å². The molecule has 173 valence electrons. The Balaban J connectivity index is 1.35. The first-order valence-corrected chi connectivity index (χ1v) is 13.2. The summed E-state index contributed by atoms with van der Waals surface area (Å²) in [5.74, 6) is -1.09. The molecule has 0 saturated carbocycles. The van der Waals surface area contributed by atoms with Gasteiger partial charge in [0.1, 0.15) is 5.82 Å². The number of hydrogen-bond donors (Lipinski definition) is 2. The first-order valence-electron chi connectivity index (χ1n) is 11.3. The van der Waals surface area contributed by atoms with Crippen LogP contribution in [0.1, 0.15) is 47.5 Å². The summed E-state index contributed by atoms with van der Waals surface area (Å²) >= 11 is -0.232. The number of amidine groups is 1. The van der Waals surface area contributed by atoms with E-state index in [1.54, 1.807) is 12.1 Å². The van der Waals surface area contributed by atoms with Crippen LogP contribution in [-0.4, -0.2) is 68.4 Å². The number of benzene rings is 2. The van der Waals surface area contributed by atoms with Gasteiger partial charge in [0.15, 0.2) is 0 Å². The van der Waals surface area contributed by atoms with Gasteiger partial charge in [0.2, 0.25) is 0 Å². The molecule has 1 saturated heterocycles. The van der Waals surface area contributed by atoms with Gasteiger partial charge < -0.3 is 5.11 Å². The topological polar surface area (TPSA) is 82.0 Å². The Hall–Kier alpha value is -2.66. The van der Waals surface area contributed by atoms with Gasteiger partial charge in [-0.25, -0.2) is 4.39 Å². The number of carbonyl (C=O) groups is 2. The van der Waals surface area contributed by atoms with Crippen LogP contribution in [0.5, 0.6) is 0 Å². The van der Waals surface area contributed by atoms with Gasteiger partial charge in [-0.3, -0.25) is 4.79 Å². The van der Waals surface area contributed by atoms with Crippen molar-refractivity contribution < 1.29 is 19.1 Å². The molecule has 1 fully saturated rings. The van der Waals surface area contributed by atoms with Crippen LogP contribution in [0.4, 0.5) is 4.39 Å². The smallest absolute Gasteiger partial charge is 0.207 e. The third-order valence-corrected chi connectivity index (χ3v) is 8.44. The number of nitrogens with one attached hydrogen (secondary N) is 1. The minimum absolute atomic E-state index is 0.0157. The van der Waals surface area contributed by atoms with Gasteiger partial charge in [-0.2, -0.15) is 0 Å². The van der Waals surface area contributed by atoms with E-state index >= 15 is 0 Å². The van der Waals surface area contributed by atoms with Crippen molar-refractivity contribution in [2.75, 3.05) is 26.2 Å². The van der Waals surface area contributed by atoms with Crippen LogP contribution in [0.25, 0.3) is 0 Å². The Labute approximate surface area is 200 Å². The fraction of sp³-hybridized carbons (Fsp3) is 0.400. The van der Waals surface area contributed by atoms with Crippen molar-refractivity contribution in [2.24, 2.45) is 10.9 Å². The molecule has 2 aromatic carbocycles. The fourth-order valence-corrected chi connectivity index (χ4v) is 6.59. The Bertz CT molecular complexity index is 1040. The van der Waals surface area contributed by atoms with Crippen LogP contribution in [0.15, 0.2) is 53.5 Å². The van der Waals surface area contributed by atoms with Gasteiger partial charge in [0.05, 0.1) is 0 Å². The minimum Gasteiger partial charge on any atom is -0.207 e. The molecule has 2 aliphatic heterocycles. The van der Waals surface area contributed by atoms with Crippen molar-refractivity contribution in [1.82, 2.24) is 10.2 Å². The summed E-state index contributed by atoms with van der Waals surface area (Å²) in [6, 6.07) is 14.1. The van der Waals surface area contributed by atoms with Crippen LogP contribution >= 0.6 is 0 Å². The van der Waals surface area contributed by atoms with Crippen LogP contribution in [0.2, 0.25) is 0 Å². The summed E-state index contributed by atoms with van der Waals surface area (Å²) < 4.78 is 15.9. The molecule has 33 heavy (non-hydrogen) atoms. The maximum atomic E-state index is 13.7. The van der Waals surface area contributed by atoms with E-state index in [1.807, 2.05) is 23.1 Å². The first kappa shape index (κ1) is 23.5. The van der Waals surface area contributed by atoms with Crippen molar-refractivity contribution in [3.8, 4) is 0 Å². The molecule has 2 aromatic rings. The quantitative estimate of drug-likeness (QED) is 0.533. The van der Waals surface area contributed by atoms with Crippen LogP contribution in [-0.2, 0) is 4.79 Å². The number of carbonyl (C=O) groups excluding carboxylic acids is 1. The molecule has 1 atom stereocenters. The zero-order chi connectivity index (χ0) is 23.2. The predicted molar refractivity (Wildman–Crippen MR) is 127 cm³/mol. The minimum atomic E-state index is -0.877. The standard InChI is InChI=1S/C25H28AsFN3O3/c27-22-6-2-3-18(15-22)20(16-23(31)32)13-17-7-11-30(12-8-17)24(33)19-4-1-5-21(14-19)26-25-28-9-10-29-25/h1-6,14-15,17,20H,7-13,16H2,(H,28,29)(H,31,32). The summed E-state index contributed by atoms with van der Waals surface area (Å²) in [7, 11) is 0. The van der Waals surface area contributed by atoms with Crippen LogP contribution in [0.3, 0.4) is 0 Å². The van der Waals surface area contributed by atoms with E-state index in [9.17, 15) is 19.1 Å². The molecule has 1 unspecified atom stereocenters. The second kappa shape index (κ2) is 11.0.